The van der Waals surface area contributed by atoms with E-state index in [0.717, 1.165) is 0 Å². The summed E-state index contributed by atoms with van der Waals surface area (Å²) in [7, 11) is 0. The lowest BCUT2D eigenvalue weighted by Gasteiger charge is -2.23. The third-order valence-corrected chi connectivity index (χ3v) is 2.91. The number of benzene rings is 1. The summed E-state index contributed by atoms with van der Waals surface area (Å²) in [5.74, 6) is -6.66. The third kappa shape index (κ3) is 4.34. The van der Waals surface area contributed by atoms with E-state index in [1.54, 1.807) is 0 Å². The van der Waals surface area contributed by atoms with Crippen LogP contribution in [0.15, 0.2) is 18.2 Å². The van der Waals surface area contributed by atoms with E-state index < -0.39 is 53.6 Å². The summed E-state index contributed by atoms with van der Waals surface area (Å²) >= 11 is 0. The predicted octanol–water partition coefficient (Wildman–Crippen LogP) is 3.92. The molecule has 1 atom stereocenters. The van der Waals surface area contributed by atoms with Gasteiger partial charge in [0.25, 0.3) is 0 Å². The van der Waals surface area contributed by atoms with Crippen molar-refractivity contribution < 1.29 is 44.7 Å². The number of nitrogens with two attached hydrogens (primary N) is 1. The minimum atomic E-state index is -5.23. The number of halogens is 8. The average molecular weight is 365 g/mol. The van der Waals surface area contributed by atoms with E-state index in [4.69, 9.17) is 5.73 Å². The molecule has 0 fully saturated rings. The zero-order chi connectivity index (χ0) is 18.9. The van der Waals surface area contributed by atoms with Crippen molar-refractivity contribution in [2.45, 2.75) is 31.2 Å². The van der Waals surface area contributed by atoms with Crippen molar-refractivity contribution in [2.75, 3.05) is 6.61 Å². The highest BCUT2D eigenvalue weighted by Gasteiger charge is 2.49. The quantitative estimate of drug-likeness (QED) is 0.650. The first-order chi connectivity index (χ1) is 10.7. The van der Waals surface area contributed by atoms with E-state index in [1.807, 2.05) is 0 Å². The van der Waals surface area contributed by atoms with Crippen LogP contribution in [0.1, 0.15) is 29.7 Å². The molecule has 0 aromatic heterocycles. The van der Waals surface area contributed by atoms with Crippen LogP contribution in [-0.4, -0.2) is 18.5 Å². The van der Waals surface area contributed by atoms with Gasteiger partial charge in [0.15, 0.2) is 0 Å². The van der Waals surface area contributed by atoms with Gasteiger partial charge in [-0.3, -0.25) is 0 Å². The number of alkyl halides is 8. The number of hydrogen-bond acceptors (Lipinski definition) is 3. The van der Waals surface area contributed by atoms with Crippen molar-refractivity contribution in [2.24, 2.45) is 5.73 Å². The number of esters is 1. The van der Waals surface area contributed by atoms with Crippen molar-refractivity contribution >= 4 is 5.97 Å². The summed E-state index contributed by atoms with van der Waals surface area (Å²) in [5.41, 5.74) is 0.210. The van der Waals surface area contributed by atoms with Crippen molar-refractivity contribution in [3.8, 4) is 0 Å². The molecule has 0 saturated carbocycles. The Balaban J connectivity index is 3.44. The molecule has 11 heteroatoms. The molecule has 0 spiro atoms. The van der Waals surface area contributed by atoms with Gasteiger partial charge < -0.3 is 10.5 Å². The SMILES string of the molecule is CCOC(=O)C(F)(F)[C@H](N)c1cc(C(F)(F)F)cc(C(F)(F)F)c1. The van der Waals surface area contributed by atoms with Crippen LogP contribution in [0.4, 0.5) is 35.1 Å². The van der Waals surface area contributed by atoms with Crippen LogP contribution in [0.5, 0.6) is 0 Å². The van der Waals surface area contributed by atoms with Gasteiger partial charge in [0, 0.05) is 0 Å². The van der Waals surface area contributed by atoms with Gasteiger partial charge >= 0.3 is 24.2 Å². The summed E-state index contributed by atoms with van der Waals surface area (Å²) in [6.07, 6.45) is -10.5. The molecule has 0 aliphatic rings. The van der Waals surface area contributed by atoms with Gasteiger partial charge in [-0.15, -0.1) is 0 Å². The highest BCUT2D eigenvalue weighted by Crippen LogP contribution is 2.39. The van der Waals surface area contributed by atoms with E-state index in [0.29, 0.717) is 0 Å². The Labute approximate surface area is 130 Å². The van der Waals surface area contributed by atoms with Crippen molar-refractivity contribution in [1.29, 1.82) is 0 Å². The minimum absolute atomic E-state index is 0.0348. The molecule has 0 aliphatic heterocycles. The van der Waals surface area contributed by atoms with Crippen LogP contribution >= 0.6 is 0 Å². The predicted molar refractivity (Wildman–Crippen MR) is 65.0 cm³/mol. The molecule has 0 saturated heterocycles. The second-order valence-corrected chi connectivity index (χ2v) is 4.66. The zero-order valence-electron chi connectivity index (χ0n) is 11.9. The highest BCUT2D eigenvalue weighted by atomic mass is 19.4. The van der Waals surface area contributed by atoms with Gasteiger partial charge in [-0.2, -0.15) is 35.1 Å². The summed E-state index contributed by atoms with van der Waals surface area (Å²) in [6.45, 7) is 0.711. The first-order valence-corrected chi connectivity index (χ1v) is 6.31. The molecule has 2 N–H and O–H groups in total. The molecule has 1 aromatic carbocycles. The molecule has 0 amide bonds. The lowest BCUT2D eigenvalue weighted by atomic mass is 9.96. The normalized spacial score (nSPS) is 14.4. The van der Waals surface area contributed by atoms with Gasteiger partial charge in [0.05, 0.1) is 17.7 Å². The van der Waals surface area contributed by atoms with Gasteiger partial charge in [-0.25, -0.2) is 4.79 Å². The number of ether oxygens (including phenoxy) is 1. The van der Waals surface area contributed by atoms with Crippen molar-refractivity contribution in [1.82, 2.24) is 0 Å². The molecule has 3 nitrogen and oxygen atoms in total. The van der Waals surface area contributed by atoms with Gasteiger partial charge in [-0.1, -0.05) is 0 Å². The third-order valence-electron chi connectivity index (χ3n) is 2.91. The highest BCUT2D eigenvalue weighted by molar-refractivity contribution is 5.79. The van der Waals surface area contributed by atoms with Crippen LogP contribution < -0.4 is 5.73 Å². The lowest BCUT2D eigenvalue weighted by Crippen LogP contribution is -2.42. The molecular weight excluding hydrogens is 354 g/mol. The Hall–Kier alpha value is -1.91. The molecule has 0 bridgehead atoms. The first kappa shape index (κ1) is 20.1. The smallest absolute Gasteiger partial charge is 0.416 e. The minimum Gasteiger partial charge on any atom is -0.462 e. The van der Waals surface area contributed by atoms with Gasteiger partial charge in [0.1, 0.15) is 6.04 Å². The summed E-state index contributed by atoms with van der Waals surface area (Å²) < 4.78 is 108. The van der Waals surface area contributed by atoms with E-state index >= 15 is 0 Å². The molecule has 0 unspecified atom stereocenters. The number of carbonyl (C=O) groups excluding carboxylic acids is 1. The van der Waals surface area contributed by atoms with Gasteiger partial charge in [-0.05, 0) is 30.7 Å². The number of rotatable bonds is 4. The Morgan fingerprint density at radius 1 is 1.00 bits per heavy atom. The van der Waals surface area contributed by atoms with Gasteiger partial charge in [0.2, 0.25) is 0 Å². The number of hydrogen-bond donors (Lipinski definition) is 1. The average Bonchev–Trinajstić information content (AvgIpc) is 2.44. The fourth-order valence-corrected chi connectivity index (χ4v) is 1.72. The maximum Gasteiger partial charge on any atom is 0.416 e. The van der Waals surface area contributed by atoms with E-state index in [2.05, 4.69) is 4.74 Å². The van der Waals surface area contributed by atoms with Crippen LogP contribution in [0, 0.1) is 0 Å². The molecule has 0 aliphatic carbocycles. The van der Waals surface area contributed by atoms with Crippen LogP contribution in [0.3, 0.4) is 0 Å². The Kier molecular flexibility index (Phi) is 5.48. The molecule has 1 rings (SSSR count). The topological polar surface area (TPSA) is 52.3 Å². The summed E-state index contributed by atoms with van der Waals surface area (Å²) in [6, 6.07) is -2.92. The van der Waals surface area contributed by atoms with E-state index in [9.17, 15) is 39.9 Å². The maximum absolute atomic E-state index is 13.8. The Morgan fingerprint density at radius 3 is 1.75 bits per heavy atom. The zero-order valence-corrected chi connectivity index (χ0v) is 11.9. The first-order valence-electron chi connectivity index (χ1n) is 6.31. The van der Waals surface area contributed by atoms with Crippen LogP contribution in [0.25, 0.3) is 0 Å². The van der Waals surface area contributed by atoms with Crippen LogP contribution in [0.2, 0.25) is 0 Å². The summed E-state index contributed by atoms with van der Waals surface area (Å²) in [4.78, 5) is 11.1. The van der Waals surface area contributed by atoms with Crippen molar-refractivity contribution in [3.05, 3.63) is 34.9 Å². The molecule has 136 valence electrons. The van der Waals surface area contributed by atoms with E-state index in [-0.39, 0.29) is 18.2 Å². The standard InChI is InChI=1S/C13H11F8NO2/c1-2-24-10(23)11(14,15)9(22)6-3-7(12(16,17)18)5-8(4-6)13(19,20)21/h3-5,9H,2,22H2,1H3/t9-/m1/s1. The second kappa shape index (κ2) is 6.54. The Bertz CT molecular complexity index is 577. The maximum atomic E-state index is 13.8. The molecule has 0 radical (unpaired) electrons. The monoisotopic (exact) mass is 365 g/mol. The largest absolute Gasteiger partial charge is 0.462 e. The summed E-state index contributed by atoms with van der Waals surface area (Å²) in [5, 5.41) is 0. The molecule has 0 heterocycles. The number of carbonyl (C=O) groups is 1. The fourth-order valence-electron chi connectivity index (χ4n) is 1.72. The second-order valence-electron chi connectivity index (χ2n) is 4.66. The van der Waals surface area contributed by atoms with E-state index in [1.165, 1.54) is 6.92 Å². The van der Waals surface area contributed by atoms with Crippen LogP contribution in [-0.2, 0) is 21.9 Å². The fraction of sp³-hybridized carbons (Fsp3) is 0.462. The molecule has 1 aromatic rings. The lowest BCUT2D eigenvalue weighted by molar-refractivity contribution is -0.174. The van der Waals surface area contributed by atoms with Crippen molar-refractivity contribution in [3.63, 3.8) is 0 Å². The molecular formula is C13H11F8NO2. The molecule has 24 heavy (non-hydrogen) atoms. The Morgan fingerprint density at radius 2 is 1.42 bits per heavy atom.